The quantitative estimate of drug-likeness (QED) is 0.480. The highest BCUT2D eigenvalue weighted by atomic mass is 19.1. The summed E-state index contributed by atoms with van der Waals surface area (Å²) in [4.78, 5) is 15.8. The second-order valence-electron chi connectivity index (χ2n) is 10.0. The van der Waals surface area contributed by atoms with E-state index in [-0.39, 0.29) is 17.6 Å². The molecule has 5 rings (SSSR count). The van der Waals surface area contributed by atoms with Gasteiger partial charge in [0.05, 0.1) is 32.6 Å². The van der Waals surface area contributed by atoms with Crippen molar-refractivity contribution in [1.82, 2.24) is 4.90 Å². The van der Waals surface area contributed by atoms with Gasteiger partial charge in [0, 0.05) is 43.5 Å². The molecule has 0 bridgehead atoms. The molecule has 3 aromatic rings. The van der Waals surface area contributed by atoms with Crippen molar-refractivity contribution in [3.05, 3.63) is 95.3 Å². The number of halogens is 1. The molecule has 0 spiro atoms. The van der Waals surface area contributed by atoms with Crippen molar-refractivity contribution in [2.75, 3.05) is 33.7 Å². The Morgan fingerprint density at radius 3 is 2.09 bits per heavy atom. The number of hydrogen-bond donors (Lipinski definition) is 0. The predicted molar refractivity (Wildman–Crippen MR) is 131 cm³/mol. The molecule has 0 saturated carbocycles. The molecule has 1 saturated heterocycles. The first-order valence-corrected chi connectivity index (χ1v) is 12.1. The zero-order valence-electron chi connectivity index (χ0n) is 19.9. The molecule has 1 amide bonds. The summed E-state index contributed by atoms with van der Waals surface area (Å²) in [6, 6.07) is 23.2. The first kappa shape index (κ1) is 22.6. The monoisotopic (exact) mass is 459 g/mol. The number of para-hydroxylation sites is 2. The highest BCUT2D eigenvalue weighted by Crippen LogP contribution is 2.45. The molecule has 2 aliphatic rings. The number of likely N-dealkylation sites (tertiary alicyclic amines) is 1. The summed E-state index contributed by atoms with van der Waals surface area (Å²) in [7, 11) is 4.46. The molecular formula is C29H32FN2O2+. The summed E-state index contributed by atoms with van der Waals surface area (Å²) in [6.07, 6.45) is 2.61. The zero-order valence-corrected chi connectivity index (χ0v) is 19.9. The number of rotatable bonds is 5. The van der Waals surface area contributed by atoms with Gasteiger partial charge in [-0.3, -0.25) is 4.79 Å². The first-order chi connectivity index (χ1) is 16.4. The Morgan fingerprint density at radius 1 is 0.912 bits per heavy atom. The van der Waals surface area contributed by atoms with Crippen LogP contribution in [-0.4, -0.2) is 55.1 Å². The summed E-state index contributed by atoms with van der Waals surface area (Å²) in [5, 5.41) is 0. The topological polar surface area (TPSA) is 29.5 Å². The lowest BCUT2D eigenvalue weighted by molar-refractivity contribution is -0.916. The second kappa shape index (κ2) is 9.22. The van der Waals surface area contributed by atoms with E-state index < -0.39 is 0 Å². The van der Waals surface area contributed by atoms with Crippen LogP contribution in [0.1, 0.15) is 35.4 Å². The summed E-state index contributed by atoms with van der Waals surface area (Å²) < 4.78 is 21.0. The first-order valence-electron chi connectivity index (χ1n) is 12.1. The third kappa shape index (κ3) is 4.32. The maximum absolute atomic E-state index is 14.1. The fourth-order valence-electron chi connectivity index (χ4n) is 5.44. The molecule has 176 valence electrons. The van der Waals surface area contributed by atoms with Crippen LogP contribution in [-0.2, 0) is 11.2 Å². The number of quaternary nitrogens is 1. The van der Waals surface area contributed by atoms with E-state index in [1.165, 1.54) is 6.07 Å². The van der Waals surface area contributed by atoms with E-state index >= 15 is 0 Å². The lowest BCUT2D eigenvalue weighted by Crippen LogP contribution is -2.55. The Bertz CT molecular complexity index is 1140. The van der Waals surface area contributed by atoms with E-state index in [0.29, 0.717) is 12.5 Å². The average Bonchev–Trinajstić information content (AvgIpc) is 2.86. The number of carbonyl (C=O) groups is 1. The Balaban J connectivity index is 1.27. The van der Waals surface area contributed by atoms with Gasteiger partial charge in [0.25, 0.3) is 0 Å². The highest BCUT2D eigenvalue weighted by Gasteiger charge is 2.38. The largest absolute Gasteiger partial charge is 0.457 e. The summed E-state index contributed by atoms with van der Waals surface area (Å²) in [5.74, 6) is 1.22. The molecule has 0 atom stereocenters. The van der Waals surface area contributed by atoms with Gasteiger partial charge in [0.2, 0.25) is 5.91 Å². The number of ether oxygens (including phenoxy) is 1. The fourth-order valence-corrected chi connectivity index (χ4v) is 5.44. The molecule has 2 aliphatic heterocycles. The standard InChI is InChI=1S/C29H32FN2O2/c1-32(2,20-17-21-9-3-6-12-25(21)30)22-15-18-31(19-16-22)29(33)28-23-10-4-7-13-26(23)34-27-14-8-5-11-24(27)28/h3-14,22,28H,15-20H2,1-2H3/q+1. The van der Waals surface area contributed by atoms with Crippen LogP contribution < -0.4 is 4.74 Å². The molecule has 2 heterocycles. The maximum Gasteiger partial charge on any atom is 0.234 e. The number of carbonyl (C=O) groups excluding carboxylic acids is 1. The normalized spacial score (nSPS) is 16.5. The number of nitrogens with zero attached hydrogens (tertiary/aromatic N) is 2. The van der Waals surface area contributed by atoms with Gasteiger partial charge in [-0.05, 0) is 23.8 Å². The molecule has 0 N–H and O–H groups in total. The number of hydrogen-bond acceptors (Lipinski definition) is 2. The van der Waals surface area contributed by atoms with Gasteiger partial charge >= 0.3 is 0 Å². The maximum atomic E-state index is 14.1. The van der Waals surface area contributed by atoms with Crippen LogP contribution in [0.15, 0.2) is 72.8 Å². The lowest BCUT2D eigenvalue weighted by atomic mass is 9.86. The predicted octanol–water partition coefficient (Wildman–Crippen LogP) is 5.37. The number of benzene rings is 3. The SMILES string of the molecule is C[N+](C)(CCc1ccccc1F)C1CCN(C(=O)C2c3ccccc3Oc3ccccc32)CC1. The van der Waals surface area contributed by atoms with Crippen molar-refractivity contribution >= 4 is 5.91 Å². The lowest BCUT2D eigenvalue weighted by Gasteiger charge is -2.43. The van der Waals surface area contributed by atoms with Crippen LogP contribution in [0, 0.1) is 5.82 Å². The van der Waals surface area contributed by atoms with E-state index in [1.54, 1.807) is 6.07 Å². The Labute approximate surface area is 201 Å². The summed E-state index contributed by atoms with van der Waals surface area (Å²) in [5.41, 5.74) is 2.65. The number of piperidine rings is 1. The molecule has 4 nitrogen and oxygen atoms in total. The second-order valence-corrected chi connectivity index (χ2v) is 10.0. The van der Waals surface area contributed by atoms with Crippen molar-refractivity contribution < 1.29 is 18.4 Å². The van der Waals surface area contributed by atoms with Gasteiger partial charge in [-0.1, -0.05) is 54.6 Å². The van der Waals surface area contributed by atoms with E-state index in [2.05, 4.69) is 14.1 Å². The third-order valence-corrected chi connectivity index (χ3v) is 7.61. The molecule has 1 fully saturated rings. The van der Waals surface area contributed by atoms with Crippen LogP contribution in [0.25, 0.3) is 0 Å². The Morgan fingerprint density at radius 2 is 1.47 bits per heavy atom. The number of fused-ring (bicyclic) bond motifs is 2. The minimum absolute atomic E-state index is 0.125. The molecule has 0 aromatic heterocycles. The van der Waals surface area contributed by atoms with Crippen molar-refractivity contribution in [2.24, 2.45) is 0 Å². The molecule has 3 aromatic carbocycles. The minimum atomic E-state index is -0.332. The zero-order chi connectivity index (χ0) is 23.7. The molecule has 34 heavy (non-hydrogen) atoms. The van der Waals surface area contributed by atoms with Crippen LogP contribution in [0.5, 0.6) is 11.5 Å². The van der Waals surface area contributed by atoms with Gasteiger partial charge in [-0.2, -0.15) is 0 Å². The summed E-state index contributed by atoms with van der Waals surface area (Å²) >= 11 is 0. The number of amides is 1. The van der Waals surface area contributed by atoms with Crippen LogP contribution in [0.3, 0.4) is 0 Å². The fraction of sp³-hybridized carbons (Fsp3) is 0.345. The van der Waals surface area contributed by atoms with Crippen LogP contribution in [0.2, 0.25) is 0 Å². The number of likely N-dealkylation sites (N-methyl/N-ethyl adjacent to an activating group) is 1. The van der Waals surface area contributed by atoms with Crippen molar-refractivity contribution in [2.45, 2.75) is 31.2 Å². The minimum Gasteiger partial charge on any atom is -0.457 e. The van der Waals surface area contributed by atoms with Gasteiger partial charge in [-0.25, -0.2) is 4.39 Å². The summed E-state index contributed by atoms with van der Waals surface area (Å²) in [6.45, 7) is 2.36. The van der Waals surface area contributed by atoms with Gasteiger partial charge in [0.15, 0.2) is 0 Å². The molecule has 0 unspecified atom stereocenters. The van der Waals surface area contributed by atoms with Crippen LogP contribution in [0.4, 0.5) is 4.39 Å². The van der Waals surface area contributed by atoms with Crippen molar-refractivity contribution in [1.29, 1.82) is 0 Å². The van der Waals surface area contributed by atoms with Crippen molar-refractivity contribution in [3.8, 4) is 11.5 Å². The van der Waals surface area contributed by atoms with E-state index in [0.717, 1.165) is 65.1 Å². The molecular weight excluding hydrogens is 427 g/mol. The van der Waals surface area contributed by atoms with E-state index in [1.807, 2.05) is 65.6 Å². The van der Waals surface area contributed by atoms with Gasteiger partial charge in [0.1, 0.15) is 17.3 Å². The molecule has 0 aliphatic carbocycles. The van der Waals surface area contributed by atoms with E-state index in [9.17, 15) is 9.18 Å². The van der Waals surface area contributed by atoms with Gasteiger partial charge < -0.3 is 14.1 Å². The van der Waals surface area contributed by atoms with Gasteiger partial charge in [-0.15, -0.1) is 0 Å². The van der Waals surface area contributed by atoms with E-state index in [4.69, 9.17) is 4.74 Å². The highest BCUT2D eigenvalue weighted by molar-refractivity contribution is 5.89. The molecule has 0 radical (unpaired) electrons. The van der Waals surface area contributed by atoms with Crippen LogP contribution >= 0.6 is 0 Å². The van der Waals surface area contributed by atoms with Crippen molar-refractivity contribution in [3.63, 3.8) is 0 Å². The Kier molecular flexibility index (Phi) is 6.13. The average molecular weight is 460 g/mol. The molecule has 5 heteroatoms. The third-order valence-electron chi connectivity index (χ3n) is 7.61. The smallest absolute Gasteiger partial charge is 0.234 e. The Hall–Kier alpha value is -3.18.